The molecule has 0 unspecified atom stereocenters. The number of ketones is 1. The van der Waals surface area contributed by atoms with Gasteiger partial charge in [-0.1, -0.05) is 20.8 Å². The molecule has 4 heterocycles. The minimum absolute atomic E-state index is 0.0826. The predicted octanol–water partition coefficient (Wildman–Crippen LogP) is 4.83. The summed E-state index contributed by atoms with van der Waals surface area (Å²) in [5, 5.41) is 9.35. The number of carbonyl (C=O) groups excluding carboxylic acids is 1. The third-order valence-electron chi connectivity index (χ3n) is 8.32. The van der Waals surface area contributed by atoms with E-state index in [9.17, 15) is 10.1 Å². The number of morpholine rings is 1. The molecule has 2 aromatic heterocycles. The van der Waals surface area contributed by atoms with Crippen molar-refractivity contribution in [2.45, 2.75) is 51.5 Å². The Labute approximate surface area is 210 Å². The van der Waals surface area contributed by atoms with Crippen LogP contribution in [0.3, 0.4) is 0 Å². The Bertz CT molecular complexity index is 1350. The quantitative estimate of drug-likeness (QED) is 0.571. The van der Waals surface area contributed by atoms with E-state index in [1.165, 1.54) is 35.4 Å². The zero-order chi connectivity index (χ0) is 24.3. The summed E-state index contributed by atoms with van der Waals surface area (Å²) >= 11 is 1.41. The van der Waals surface area contributed by atoms with E-state index in [1.54, 1.807) is 0 Å². The van der Waals surface area contributed by atoms with Crippen molar-refractivity contribution in [3.63, 3.8) is 0 Å². The molecule has 1 aliphatic carbocycles. The molecule has 35 heavy (non-hydrogen) atoms. The van der Waals surface area contributed by atoms with Gasteiger partial charge in [0.05, 0.1) is 29.0 Å². The lowest BCUT2D eigenvalue weighted by atomic mass is 9.71. The lowest BCUT2D eigenvalue weighted by Gasteiger charge is -2.42. The number of H-pyrrole nitrogens is 1. The van der Waals surface area contributed by atoms with E-state index in [4.69, 9.17) is 4.74 Å². The third kappa shape index (κ3) is 3.54. The highest BCUT2D eigenvalue weighted by Gasteiger charge is 2.41. The summed E-state index contributed by atoms with van der Waals surface area (Å²) in [6.07, 6.45) is 3.23. The monoisotopic (exact) mass is 488 g/mol. The van der Waals surface area contributed by atoms with Gasteiger partial charge in [0.1, 0.15) is 10.9 Å². The van der Waals surface area contributed by atoms with Crippen LogP contribution in [0.5, 0.6) is 0 Å². The third-order valence-corrected chi connectivity index (χ3v) is 9.37. The molecule has 2 saturated heterocycles. The number of rotatable bonds is 3. The van der Waals surface area contributed by atoms with Crippen LogP contribution in [0.4, 0.5) is 5.69 Å². The molecule has 0 spiro atoms. The van der Waals surface area contributed by atoms with E-state index in [0.717, 1.165) is 78.4 Å². The largest absolute Gasteiger partial charge is 0.379 e. The molecule has 0 saturated carbocycles. The molecule has 6 rings (SSSR count). The van der Waals surface area contributed by atoms with Crippen molar-refractivity contribution in [3.05, 3.63) is 51.0 Å². The number of nitrogens with one attached hydrogen (secondary N) is 1. The van der Waals surface area contributed by atoms with Gasteiger partial charge < -0.3 is 14.6 Å². The number of anilines is 1. The summed E-state index contributed by atoms with van der Waals surface area (Å²) < 4.78 is 6.46. The maximum atomic E-state index is 13.8. The lowest BCUT2D eigenvalue weighted by molar-refractivity contribution is 0.0115. The molecule has 0 atom stereocenters. The number of aromatic nitrogens is 1. The van der Waals surface area contributed by atoms with Crippen LogP contribution >= 0.6 is 11.3 Å². The molecule has 0 amide bonds. The van der Waals surface area contributed by atoms with Crippen molar-refractivity contribution in [2.75, 3.05) is 44.3 Å². The molecule has 2 aliphatic heterocycles. The molecule has 2 fully saturated rings. The normalized spacial score (nSPS) is 20.6. The van der Waals surface area contributed by atoms with Crippen LogP contribution in [0, 0.1) is 11.3 Å². The molecule has 6 nitrogen and oxygen atoms in total. The first-order valence-corrected chi connectivity index (χ1v) is 13.6. The number of hydrogen-bond acceptors (Lipinski definition) is 6. The van der Waals surface area contributed by atoms with Crippen molar-refractivity contribution in [2.24, 2.45) is 0 Å². The Morgan fingerprint density at radius 1 is 1.17 bits per heavy atom. The first kappa shape index (κ1) is 22.8. The minimum atomic E-state index is -0.322. The molecule has 1 N–H and O–H groups in total. The van der Waals surface area contributed by atoms with Crippen LogP contribution in [0.1, 0.15) is 71.2 Å². The number of hydrogen-bond donors (Lipinski definition) is 1. The van der Waals surface area contributed by atoms with Gasteiger partial charge in [-0.25, -0.2) is 0 Å². The molecule has 0 bridgehead atoms. The molecular weight excluding hydrogens is 456 g/mol. The number of aromatic amines is 1. The molecule has 3 aromatic rings. The van der Waals surface area contributed by atoms with E-state index in [1.807, 2.05) is 6.07 Å². The topological polar surface area (TPSA) is 72.4 Å². The van der Waals surface area contributed by atoms with Gasteiger partial charge in [-0.3, -0.25) is 9.69 Å². The second-order valence-electron chi connectivity index (χ2n) is 10.5. The number of ether oxygens (including phenoxy) is 1. The van der Waals surface area contributed by atoms with Crippen LogP contribution in [0.15, 0.2) is 18.2 Å². The number of carbonyl (C=O) groups is 1. The second kappa shape index (κ2) is 8.48. The number of fused-ring (bicyclic) bond motifs is 4. The van der Waals surface area contributed by atoms with E-state index in [2.05, 4.69) is 53.8 Å². The molecule has 1 aromatic carbocycles. The summed E-state index contributed by atoms with van der Waals surface area (Å²) in [6.45, 7) is 12.5. The Kier molecular flexibility index (Phi) is 5.52. The Morgan fingerprint density at radius 3 is 2.60 bits per heavy atom. The lowest BCUT2D eigenvalue weighted by Crippen LogP contribution is -2.49. The van der Waals surface area contributed by atoms with Gasteiger partial charge in [0.2, 0.25) is 0 Å². The number of piperidine rings is 1. The summed E-state index contributed by atoms with van der Waals surface area (Å²) in [7, 11) is 0. The maximum Gasteiger partial charge on any atom is 0.196 e. The zero-order valence-corrected chi connectivity index (χ0v) is 21.6. The van der Waals surface area contributed by atoms with E-state index in [0.29, 0.717) is 10.9 Å². The SMILES string of the molecule is CCc1cc2c(cc1N1CCC(N3CCOCC3)CC1)C(C)(C)c1[nH]c3cc(C#N)sc3c1C2=O. The summed E-state index contributed by atoms with van der Waals surface area (Å²) in [5.74, 6) is 0.0826. The fourth-order valence-electron chi connectivity index (χ4n) is 6.32. The minimum Gasteiger partial charge on any atom is -0.379 e. The van der Waals surface area contributed by atoms with E-state index < -0.39 is 0 Å². The van der Waals surface area contributed by atoms with Crippen LogP contribution in [0.25, 0.3) is 10.2 Å². The second-order valence-corrected chi connectivity index (χ2v) is 11.6. The highest BCUT2D eigenvalue weighted by Crippen LogP contribution is 2.47. The fraction of sp³-hybridized carbons (Fsp3) is 0.500. The summed E-state index contributed by atoms with van der Waals surface area (Å²) in [4.78, 5) is 23.1. The van der Waals surface area contributed by atoms with Gasteiger partial charge in [-0.2, -0.15) is 5.26 Å². The molecule has 3 aliphatic rings. The standard InChI is InChI=1S/C28H32N4O2S/c1-4-17-13-20-21(15-23(17)32-7-5-18(6-8-32)31-9-11-34-12-10-31)28(2,3)27-24(25(20)33)26-22(30-27)14-19(16-29)35-26/h13-15,18,30H,4-12H2,1-3H3. The van der Waals surface area contributed by atoms with Gasteiger partial charge in [-0.05, 0) is 48.6 Å². The highest BCUT2D eigenvalue weighted by atomic mass is 32.1. The van der Waals surface area contributed by atoms with Crippen molar-refractivity contribution in [3.8, 4) is 6.07 Å². The Morgan fingerprint density at radius 2 is 1.91 bits per heavy atom. The van der Waals surface area contributed by atoms with Crippen molar-refractivity contribution in [1.82, 2.24) is 9.88 Å². The van der Waals surface area contributed by atoms with Gasteiger partial charge in [0.25, 0.3) is 0 Å². The number of aryl methyl sites for hydroxylation is 1. The predicted molar refractivity (Wildman–Crippen MR) is 140 cm³/mol. The smallest absolute Gasteiger partial charge is 0.196 e. The van der Waals surface area contributed by atoms with E-state index >= 15 is 0 Å². The van der Waals surface area contributed by atoms with Gasteiger partial charge in [0.15, 0.2) is 5.78 Å². The molecule has 0 radical (unpaired) electrons. The zero-order valence-electron chi connectivity index (χ0n) is 20.7. The molecule has 7 heteroatoms. The van der Waals surface area contributed by atoms with Gasteiger partial charge in [0, 0.05) is 54.6 Å². The fourth-order valence-corrected chi connectivity index (χ4v) is 7.28. The van der Waals surface area contributed by atoms with Crippen molar-refractivity contribution in [1.29, 1.82) is 5.26 Å². The highest BCUT2D eigenvalue weighted by molar-refractivity contribution is 7.20. The first-order valence-electron chi connectivity index (χ1n) is 12.8. The number of nitrogens with zero attached hydrogens (tertiary/aromatic N) is 3. The van der Waals surface area contributed by atoms with Gasteiger partial charge >= 0.3 is 0 Å². The summed E-state index contributed by atoms with van der Waals surface area (Å²) in [6, 6.07) is 9.20. The van der Waals surface area contributed by atoms with Gasteiger partial charge in [-0.15, -0.1) is 11.3 Å². The Hall–Kier alpha value is -2.66. The number of benzene rings is 1. The number of thiophene rings is 1. The van der Waals surface area contributed by atoms with E-state index in [-0.39, 0.29) is 11.2 Å². The average molecular weight is 489 g/mol. The van der Waals surface area contributed by atoms with Crippen molar-refractivity contribution < 1.29 is 9.53 Å². The van der Waals surface area contributed by atoms with Crippen LogP contribution in [0.2, 0.25) is 0 Å². The molecule has 182 valence electrons. The molecular formula is C28H32N4O2S. The van der Waals surface area contributed by atoms with Crippen LogP contribution < -0.4 is 4.90 Å². The van der Waals surface area contributed by atoms with Crippen molar-refractivity contribution >= 4 is 33.0 Å². The maximum absolute atomic E-state index is 13.8. The Balaban J connectivity index is 1.36. The number of nitriles is 1. The summed E-state index contributed by atoms with van der Waals surface area (Å²) in [5.41, 5.74) is 6.76. The van der Waals surface area contributed by atoms with Crippen LogP contribution in [-0.2, 0) is 16.6 Å². The average Bonchev–Trinajstić information content (AvgIpc) is 3.46. The first-order chi connectivity index (χ1) is 16.9. The van der Waals surface area contributed by atoms with Crippen LogP contribution in [-0.4, -0.2) is 61.1 Å².